The summed E-state index contributed by atoms with van der Waals surface area (Å²) in [6.45, 7) is 4.85. The van der Waals surface area contributed by atoms with Crippen LogP contribution in [-0.2, 0) is 9.84 Å². The second kappa shape index (κ2) is 7.68. The molecule has 1 aromatic heterocycles. The predicted octanol–water partition coefficient (Wildman–Crippen LogP) is 2.81. The first-order valence-electron chi connectivity index (χ1n) is 9.08. The highest BCUT2D eigenvalue weighted by Gasteiger charge is 2.33. The lowest BCUT2D eigenvalue weighted by Crippen LogP contribution is -2.37. The van der Waals surface area contributed by atoms with Crippen LogP contribution in [0.3, 0.4) is 0 Å². The number of carbonyl (C=O) groups is 1. The van der Waals surface area contributed by atoms with Gasteiger partial charge in [-0.3, -0.25) is 4.79 Å². The molecule has 0 aliphatic carbocycles. The monoisotopic (exact) mass is 387 g/mol. The van der Waals surface area contributed by atoms with Gasteiger partial charge in [0.25, 0.3) is 5.91 Å². The highest BCUT2D eigenvalue weighted by atomic mass is 32.2. The molecule has 0 radical (unpaired) electrons. The van der Waals surface area contributed by atoms with E-state index in [9.17, 15) is 13.2 Å². The Kier molecular flexibility index (Phi) is 5.51. The molecule has 1 aliphatic heterocycles. The highest BCUT2D eigenvalue weighted by molar-refractivity contribution is 7.91. The van der Waals surface area contributed by atoms with E-state index in [4.69, 9.17) is 0 Å². The number of hydrogen-bond acceptors (Lipinski definition) is 5. The van der Waals surface area contributed by atoms with Crippen LogP contribution in [-0.4, -0.2) is 55.3 Å². The maximum absolute atomic E-state index is 12.7. The predicted molar refractivity (Wildman–Crippen MR) is 107 cm³/mol. The van der Waals surface area contributed by atoms with Gasteiger partial charge < -0.3 is 9.80 Å². The lowest BCUT2D eigenvalue weighted by atomic mass is 10.1. The molecule has 0 saturated carbocycles. The Morgan fingerprint density at radius 3 is 2.59 bits per heavy atom. The fraction of sp³-hybridized carbons (Fsp3) is 0.400. The van der Waals surface area contributed by atoms with Crippen molar-refractivity contribution >= 4 is 27.2 Å². The van der Waals surface area contributed by atoms with Gasteiger partial charge in [-0.05, 0) is 50.1 Å². The van der Waals surface area contributed by atoms with Crippen molar-refractivity contribution in [1.29, 1.82) is 0 Å². The Balaban J connectivity index is 1.77. The number of nitrogens with zero attached hydrogens (tertiary/aromatic N) is 3. The minimum absolute atomic E-state index is 0.0394. The van der Waals surface area contributed by atoms with Crippen molar-refractivity contribution in [2.24, 2.45) is 0 Å². The van der Waals surface area contributed by atoms with Gasteiger partial charge in [0.1, 0.15) is 5.82 Å². The maximum Gasteiger partial charge on any atom is 0.255 e. The van der Waals surface area contributed by atoms with Crippen LogP contribution in [0.1, 0.15) is 29.3 Å². The zero-order valence-electron chi connectivity index (χ0n) is 15.9. The first-order valence-corrected chi connectivity index (χ1v) is 10.9. The molecular weight excluding hydrogens is 362 g/mol. The largest absolute Gasteiger partial charge is 0.338 e. The molecule has 7 heteroatoms. The Hall–Kier alpha value is -2.41. The molecule has 1 saturated heterocycles. The Morgan fingerprint density at radius 2 is 2.04 bits per heavy atom. The van der Waals surface area contributed by atoms with E-state index >= 15 is 0 Å². The van der Waals surface area contributed by atoms with E-state index in [2.05, 4.69) is 22.9 Å². The highest BCUT2D eigenvalue weighted by Crippen LogP contribution is 2.25. The van der Waals surface area contributed by atoms with Crippen LogP contribution < -0.4 is 4.90 Å². The lowest BCUT2D eigenvalue weighted by molar-refractivity contribution is 0.0747. The molecule has 27 heavy (non-hydrogen) atoms. The molecule has 0 bridgehead atoms. The minimum atomic E-state index is -3.03. The van der Waals surface area contributed by atoms with Crippen molar-refractivity contribution in [3.05, 3.63) is 53.7 Å². The Bertz CT molecular complexity index is 926. The van der Waals surface area contributed by atoms with E-state index in [1.54, 1.807) is 19.3 Å². The number of rotatable bonds is 5. The molecule has 1 aliphatic rings. The minimum Gasteiger partial charge on any atom is -0.338 e. The van der Waals surface area contributed by atoms with E-state index < -0.39 is 9.84 Å². The number of pyridine rings is 1. The van der Waals surface area contributed by atoms with Gasteiger partial charge >= 0.3 is 0 Å². The molecule has 1 fully saturated rings. The fourth-order valence-corrected chi connectivity index (χ4v) is 5.17. The maximum atomic E-state index is 12.7. The summed E-state index contributed by atoms with van der Waals surface area (Å²) in [6, 6.07) is 11.5. The van der Waals surface area contributed by atoms with Gasteiger partial charge in [0.15, 0.2) is 9.84 Å². The van der Waals surface area contributed by atoms with Crippen LogP contribution in [0.2, 0.25) is 0 Å². The summed E-state index contributed by atoms with van der Waals surface area (Å²) in [5, 5.41) is 0. The van der Waals surface area contributed by atoms with E-state index in [0.717, 1.165) is 18.1 Å². The van der Waals surface area contributed by atoms with Gasteiger partial charge in [-0.15, -0.1) is 0 Å². The van der Waals surface area contributed by atoms with Crippen molar-refractivity contribution in [2.45, 2.75) is 26.3 Å². The molecule has 3 rings (SSSR count). The normalized spacial score (nSPS) is 18.3. The Labute approximate surface area is 160 Å². The molecule has 1 aromatic carbocycles. The molecular formula is C20H25N3O3S. The number of anilines is 2. The number of amides is 1. The van der Waals surface area contributed by atoms with Crippen molar-refractivity contribution in [3.63, 3.8) is 0 Å². The second-order valence-electron chi connectivity index (χ2n) is 6.96. The van der Waals surface area contributed by atoms with E-state index in [1.165, 1.54) is 10.5 Å². The van der Waals surface area contributed by atoms with Crippen LogP contribution in [0.5, 0.6) is 0 Å². The number of benzene rings is 1. The zero-order valence-corrected chi connectivity index (χ0v) is 16.7. The summed E-state index contributed by atoms with van der Waals surface area (Å²) in [6.07, 6.45) is 2.06. The first-order chi connectivity index (χ1) is 12.8. The molecule has 1 unspecified atom stereocenters. The third kappa shape index (κ3) is 4.30. The van der Waals surface area contributed by atoms with E-state index in [-0.39, 0.29) is 23.5 Å². The summed E-state index contributed by atoms with van der Waals surface area (Å²) >= 11 is 0. The van der Waals surface area contributed by atoms with Crippen LogP contribution in [0.15, 0.2) is 42.6 Å². The molecule has 2 aromatic rings. The second-order valence-corrected chi connectivity index (χ2v) is 9.19. The average Bonchev–Trinajstić information content (AvgIpc) is 3.02. The molecule has 0 N–H and O–H groups in total. The SMILES string of the molecule is CCN(c1cccc(C)c1)c1ccc(C(=O)N(C)C2CCS(=O)(=O)C2)cn1. The molecule has 0 spiro atoms. The van der Waals surface area contributed by atoms with Gasteiger partial charge in [-0.1, -0.05) is 12.1 Å². The van der Waals surface area contributed by atoms with Gasteiger partial charge in [-0.2, -0.15) is 0 Å². The summed E-state index contributed by atoms with van der Waals surface area (Å²) in [7, 11) is -1.37. The van der Waals surface area contributed by atoms with Crippen LogP contribution in [0, 0.1) is 6.92 Å². The molecule has 1 amide bonds. The van der Waals surface area contributed by atoms with Gasteiger partial charge in [0, 0.05) is 31.5 Å². The van der Waals surface area contributed by atoms with Crippen LogP contribution in [0.4, 0.5) is 11.5 Å². The molecule has 144 valence electrons. The van der Waals surface area contributed by atoms with Crippen molar-refractivity contribution in [1.82, 2.24) is 9.88 Å². The number of carbonyl (C=O) groups excluding carboxylic acids is 1. The summed E-state index contributed by atoms with van der Waals surface area (Å²) in [4.78, 5) is 20.8. The van der Waals surface area contributed by atoms with E-state index in [1.807, 2.05) is 31.2 Å². The summed E-state index contributed by atoms with van der Waals surface area (Å²) in [5.41, 5.74) is 2.69. The van der Waals surface area contributed by atoms with Gasteiger partial charge in [0.05, 0.1) is 17.1 Å². The first kappa shape index (κ1) is 19.4. The zero-order chi connectivity index (χ0) is 19.6. The van der Waals surface area contributed by atoms with Crippen LogP contribution in [0.25, 0.3) is 0 Å². The number of sulfone groups is 1. The standard InChI is InChI=1S/C20H25N3O3S/c1-4-23(17-7-5-6-15(2)12-17)19-9-8-16(13-21-19)20(24)22(3)18-10-11-27(25,26)14-18/h5-9,12-13,18H,4,10-11,14H2,1-3H3. The van der Waals surface area contributed by atoms with Crippen molar-refractivity contribution in [3.8, 4) is 0 Å². The number of hydrogen-bond donors (Lipinski definition) is 0. The molecule has 6 nitrogen and oxygen atoms in total. The molecule has 2 heterocycles. The topological polar surface area (TPSA) is 70.6 Å². The lowest BCUT2D eigenvalue weighted by Gasteiger charge is -2.25. The third-order valence-corrected chi connectivity index (χ3v) is 6.73. The van der Waals surface area contributed by atoms with Crippen molar-refractivity contribution in [2.75, 3.05) is 30.0 Å². The smallest absolute Gasteiger partial charge is 0.255 e. The number of aryl methyl sites for hydroxylation is 1. The molecule has 1 atom stereocenters. The Morgan fingerprint density at radius 1 is 1.26 bits per heavy atom. The quantitative estimate of drug-likeness (QED) is 0.789. The van der Waals surface area contributed by atoms with Crippen molar-refractivity contribution < 1.29 is 13.2 Å². The van der Waals surface area contributed by atoms with Gasteiger partial charge in [-0.25, -0.2) is 13.4 Å². The summed E-state index contributed by atoms with van der Waals surface area (Å²) < 4.78 is 23.3. The van der Waals surface area contributed by atoms with Crippen LogP contribution >= 0.6 is 0 Å². The summed E-state index contributed by atoms with van der Waals surface area (Å²) in [5.74, 6) is 0.757. The van der Waals surface area contributed by atoms with Gasteiger partial charge in [0.2, 0.25) is 0 Å². The fourth-order valence-electron chi connectivity index (χ4n) is 3.40. The number of aromatic nitrogens is 1. The third-order valence-electron chi connectivity index (χ3n) is 4.98. The van der Waals surface area contributed by atoms with E-state index in [0.29, 0.717) is 12.0 Å². The average molecular weight is 388 g/mol.